The first-order valence-corrected chi connectivity index (χ1v) is 11.4. The van der Waals surface area contributed by atoms with Crippen molar-refractivity contribution in [2.75, 3.05) is 0 Å². The Morgan fingerprint density at radius 2 is 1.21 bits per heavy atom. The summed E-state index contributed by atoms with van der Waals surface area (Å²) in [5.74, 6) is -2.37. The molecule has 0 aliphatic heterocycles. The molecule has 3 aromatic carbocycles. The molecule has 0 unspecified atom stereocenters. The molecule has 1 aliphatic carbocycles. The molecule has 168 valence electrons. The van der Waals surface area contributed by atoms with Crippen molar-refractivity contribution >= 4 is 17.5 Å². The number of ether oxygens (including phenoxy) is 2. The predicted molar refractivity (Wildman–Crippen MR) is 128 cm³/mol. The van der Waals surface area contributed by atoms with Crippen molar-refractivity contribution in [1.82, 2.24) is 0 Å². The summed E-state index contributed by atoms with van der Waals surface area (Å²) < 4.78 is 11.3. The van der Waals surface area contributed by atoms with Crippen LogP contribution in [0.1, 0.15) is 36.0 Å². The van der Waals surface area contributed by atoms with E-state index in [-0.39, 0.29) is 19.1 Å². The van der Waals surface area contributed by atoms with E-state index >= 15 is 0 Å². The summed E-state index contributed by atoms with van der Waals surface area (Å²) >= 11 is 0. The van der Waals surface area contributed by atoms with Gasteiger partial charge >= 0.3 is 11.9 Å². The van der Waals surface area contributed by atoms with Crippen molar-refractivity contribution in [2.24, 2.45) is 11.8 Å². The Bertz CT molecular complexity index is 1020. The average molecular weight is 441 g/mol. The van der Waals surface area contributed by atoms with Gasteiger partial charge in [0.1, 0.15) is 13.2 Å². The van der Waals surface area contributed by atoms with Crippen LogP contribution in [0.15, 0.2) is 97.1 Å². The van der Waals surface area contributed by atoms with E-state index in [1.165, 1.54) is 0 Å². The summed E-state index contributed by atoms with van der Waals surface area (Å²) in [6, 6.07) is 28.9. The van der Waals surface area contributed by atoms with Crippen LogP contribution in [0, 0.1) is 11.8 Å². The minimum Gasteiger partial charge on any atom is -0.460 e. The monoisotopic (exact) mass is 440 g/mol. The predicted octanol–water partition coefficient (Wildman–Crippen LogP) is 5.97. The van der Waals surface area contributed by atoms with E-state index in [0.717, 1.165) is 41.5 Å². The maximum atomic E-state index is 13.3. The van der Waals surface area contributed by atoms with Gasteiger partial charge in [-0.2, -0.15) is 0 Å². The van der Waals surface area contributed by atoms with Gasteiger partial charge in [-0.1, -0.05) is 97.1 Å². The van der Waals surface area contributed by atoms with Crippen molar-refractivity contribution in [3.63, 3.8) is 0 Å². The molecule has 4 rings (SSSR count). The number of carbonyl (C=O) groups is 2. The standard InChI is InChI=1S/C29H28O4/c30-28(32-20-22-12-4-1-5-13-22)27(29(31)33-21-23-14-6-2-7-15-23)26-19-11-10-18-25(26)24-16-8-3-9-17-24/h1-9,12-18,26-27H,10-11,19-21H2/t26-/m0/s1. The topological polar surface area (TPSA) is 52.6 Å². The summed E-state index contributed by atoms with van der Waals surface area (Å²) in [4.78, 5) is 26.6. The fraction of sp³-hybridized carbons (Fsp3) is 0.241. The molecular weight excluding hydrogens is 412 g/mol. The highest BCUT2D eigenvalue weighted by Crippen LogP contribution is 2.38. The van der Waals surface area contributed by atoms with E-state index in [1.807, 2.05) is 91.0 Å². The number of allylic oxidation sites excluding steroid dienone is 2. The van der Waals surface area contributed by atoms with Crippen molar-refractivity contribution in [1.29, 1.82) is 0 Å². The smallest absolute Gasteiger partial charge is 0.321 e. The Labute approximate surface area is 194 Å². The van der Waals surface area contributed by atoms with E-state index in [2.05, 4.69) is 6.08 Å². The molecule has 0 bridgehead atoms. The van der Waals surface area contributed by atoms with Gasteiger partial charge in [0.25, 0.3) is 0 Å². The van der Waals surface area contributed by atoms with Crippen molar-refractivity contribution in [3.05, 3.63) is 114 Å². The largest absolute Gasteiger partial charge is 0.460 e. The number of hydrogen-bond donors (Lipinski definition) is 0. The highest BCUT2D eigenvalue weighted by molar-refractivity contribution is 5.97. The first-order chi connectivity index (χ1) is 16.2. The molecule has 4 heteroatoms. The summed E-state index contributed by atoms with van der Waals surface area (Å²) in [5.41, 5.74) is 3.80. The third-order valence-electron chi connectivity index (χ3n) is 5.95. The lowest BCUT2D eigenvalue weighted by atomic mass is 9.76. The molecule has 0 fully saturated rings. The number of carbonyl (C=O) groups excluding carboxylic acids is 2. The third kappa shape index (κ3) is 5.98. The van der Waals surface area contributed by atoms with Crippen molar-refractivity contribution in [2.45, 2.75) is 32.5 Å². The number of hydrogen-bond acceptors (Lipinski definition) is 4. The van der Waals surface area contributed by atoms with Crippen molar-refractivity contribution in [3.8, 4) is 0 Å². The molecule has 0 radical (unpaired) electrons. The highest BCUT2D eigenvalue weighted by Gasteiger charge is 2.40. The molecule has 0 N–H and O–H groups in total. The highest BCUT2D eigenvalue weighted by atomic mass is 16.6. The molecule has 0 amide bonds. The minimum atomic E-state index is -1.01. The third-order valence-corrected chi connectivity index (χ3v) is 5.95. The van der Waals surface area contributed by atoms with Crippen LogP contribution in [0.2, 0.25) is 0 Å². The molecule has 0 heterocycles. The Hall–Kier alpha value is -3.66. The molecule has 3 aromatic rings. The number of esters is 2. The zero-order valence-electron chi connectivity index (χ0n) is 18.6. The second-order valence-electron chi connectivity index (χ2n) is 8.23. The van der Waals surface area contributed by atoms with Crippen LogP contribution in [0.25, 0.3) is 5.57 Å². The molecular formula is C29H28O4. The summed E-state index contributed by atoms with van der Waals surface area (Å²) in [7, 11) is 0. The van der Waals surface area contributed by atoms with E-state index in [9.17, 15) is 9.59 Å². The maximum absolute atomic E-state index is 13.3. The molecule has 0 aromatic heterocycles. The normalized spacial score (nSPS) is 15.5. The molecule has 0 saturated heterocycles. The lowest BCUT2D eigenvalue weighted by Crippen LogP contribution is -2.35. The van der Waals surface area contributed by atoms with E-state index in [4.69, 9.17) is 9.47 Å². The number of benzene rings is 3. The van der Waals surface area contributed by atoms with Crippen molar-refractivity contribution < 1.29 is 19.1 Å². The van der Waals surface area contributed by atoms with Crippen LogP contribution in [0.5, 0.6) is 0 Å². The zero-order chi connectivity index (χ0) is 22.9. The second-order valence-corrected chi connectivity index (χ2v) is 8.23. The zero-order valence-corrected chi connectivity index (χ0v) is 18.6. The first-order valence-electron chi connectivity index (χ1n) is 11.4. The lowest BCUT2D eigenvalue weighted by Gasteiger charge is -2.29. The molecule has 1 atom stereocenters. The Morgan fingerprint density at radius 3 is 1.73 bits per heavy atom. The number of rotatable bonds is 8. The quantitative estimate of drug-likeness (QED) is 0.320. The molecule has 33 heavy (non-hydrogen) atoms. The van der Waals surface area contributed by atoms with Gasteiger partial charge in [-0.05, 0) is 41.5 Å². The van der Waals surface area contributed by atoms with E-state index < -0.39 is 17.9 Å². The first kappa shape index (κ1) is 22.5. The van der Waals surface area contributed by atoms with Gasteiger partial charge in [0.2, 0.25) is 0 Å². The SMILES string of the molecule is O=C(OCc1ccccc1)C(C(=O)OCc1ccccc1)[C@H]1CCCC=C1c1ccccc1. The Kier molecular flexibility index (Phi) is 7.70. The van der Waals surface area contributed by atoms with Gasteiger partial charge in [0, 0.05) is 5.92 Å². The summed E-state index contributed by atoms with van der Waals surface area (Å²) in [5, 5.41) is 0. The van der Waals surface area contributed by atoms with Crippen LogP contribution in [-0.4, -0.2) is 11.9 Å². The van der Waals surface area contributed by atoms with E-state index in [1.54, 1.807) is 0 Å². The van der Waals surface area contributed by atoms with Gasteiger partial charge in [-0.3, -0.25) is 9.59 Å². The van der Waals surface area contributed by atoms with Gasteiger partial charge in [-0.15, -0.1) is 0 Å². The van der Waals surface area contributed by atoms with Crippen LogP contribution < -0.4 is 0 Å². The molecule has 0 spiro atoms. The molecule has 0 saturated carbocycles. The summed E-state index contributed by atoms with van der Waals surface area (Å²) in [6.45, 7) is 0.248. The molecule has 4 nitrogen and oxygen atoms in total. The maximum Gasteiger partial charge on any atom is 0.321 e. The lowest BCUT2D eigenvalue weighted by molar-refractivity contribution is -0.165. The van der Waals surface area contributed by atoms with Gasteiger partial charge < -0.3 is 9.47 Å². The Balaban J connectivity index is 1.56. The van der Waals surface area contributed by atoms with Crippen LogP contribution in [0.3, 0.4) is 0 Å². The Morgan fingerprint density at radius 1 is 0.727 bits per heavy atom. The minimum absolute atomic E-state index is 0.124. The second kappa shape index (κ2) is 11.3. The average Bonchev–Trinajstić information content (AvgIpc) is 2.88. The fourth-order valence-electron chi connectivity index (χ4n) is 4.27. The van der Waals surface area contributed by atoms with Gasteiger partial charge in [-0.25, -0.2) is 0 Å². The van der Waals surface area contributed by atoms with E-state index in [0.29, 0.717) is 0 Å². The van der Waals surface area contributed by atoms with Crippen LogP contribution in [0.4, 0.5) is 0 Å². The summed E-state index contributed by atoms with van der Waals surface area (Å²) in [6.07, 6.45) is 4.71. The van der Waals surface area contributed by atoms with Crippen LogP contribution in [-0.2, 0) is 32.3 Å². The van der Waals surface area contributed by atoms with Crippen LogP contribution >= 0.6 is 0 Å². The van der Waals surface area contributed by atoms with Gasteiger partial charge in [0.05, 0.1) is 0 Å². The fourth-order valence-corrected chi connectivity index (χ4v) is 4.27. The van der Waals surface area contributed by atoms with Gasteiger partial charge in [0.15, 0.2) is 5.92 Å². The molecule has 1 aliphatic rings.